The van der Waals surface area contributed by atoms with Gasteiger partial charge in [0, 0.05) is 27.7 Å². The van der Waals surface area contributed by atoms with E-state index >= 15 is 0 Å². The summed E-state index contributed by atoms with van der Waals surface area (Å²) in [4.78, 5) is 49.0. The first-order valence-electron chi connectivity index (χ1n) is 9.98. The van der Waals surface area contributed by atoms with Gasteiger partial charge < -0.3 is 4.74 Å². The number of esters is 1. The number of amides is 2. The number of nitro groups is 1. The first-order valence-corrected chi connectivity index (χ1v) is 11.5. The molecular weight excluding hydrogens is 515 g/mol. The van der Waals surface area contributed by atoms with Gasteiger partial charge in [0.2, 0.25) is 0 Å². The maximum atomic E-state index is 12.8. The third-order valence-corrected chi connectivity index (χ3v) is 6.57. The number of ether oxygens (including phenoxy) is 1. The van der Waals surface area contributed by atoms with Crippen molar-refractivity contribution in [2.45, 2.75) is 6.54 Å². The molecule has 0 spiro atoms. The van der Waals surface area contributed by atoms with Crippen LogP contribution in [0.1, 0.15) is 21.5 Å². The van der Waals surface area contributed by atoms with Crippen molar-refractivity contribution in [1.29, 1.82) is 0 Å². The van der Waals surface area contributed by atoms with Gasteiger partial charge in [0.05, 0.1) is 21.9 Å². The summed E-state index contributed by atoms with van der Waals surface area (Å²) in [7, 11) is 0. The van der Waals surface area contributed by atoms with Crippen molar-refractivity contribution >= 4 is 63.8 Å². The fourth-order valence-corrected chi connectivity index (χ4v) is 4.50. The summed E-state index contributed by atoms with van der Waals surface area (Å²) in [5, 5.41) is 11.0. The molecule has 176 valence electrons. The van der Waals surface area contributed by atoms with Gasteiger partial charge in [-0.1, -0.05) is 41.4 Å². The standard InChI is InChI=1S/C24H14Cl2N2O6S/c25-19-2-1-3-20(26)18(19)13-27-22(29)21(35-24(27)31)12-14-4-10-17(11-5-14)34-23(30)15-6-8-16(9-7-15)28(32)33/h1-12H,13H2/b21-12-. The Morgan fingerprint density at radius 2 is 1.63 bits per heavy atom. The number of benzene rings is 3. The van der Waals surface area contributed by atoms with E-state index in [0.717, 1.165) is 16.7 Å². The van der Waals surface area contributed by atoms with Crippen molar-refractivity contribution in [2.75, 3.05) is 0 Å². The Balaban J connectivity index is 1.44. The Labute approximate surface area is 213 Å². The van der Waals surface area contributed by atoms with E-state index in [1.54, 1.807) is 36.4 Å². The number of non-ortho nitro benzene ring substituents is 1. The number of hydrogen-bond donors (Lipinski definition) is 0. The van der Waals surface area contributed by atoms with E-state index < -0.39 is 22.0 Å². The average Bonchev–Trinajstić information content (AvgIpc) is 3.09. The van der Waals surface area contributed by atoms with E-state index in [0.29, 0.717) is 21.2 Å². The maximum absolute atomic E-state index is 12.8. The highest BCUT2D eigenvalue weighted by molar-refractivity contribution is 8.18. The van der Waals surface area contributed by atoms with Crippen LogP contribution in [0, 0.1) is 10.1 Å². The Morgan fingerprint density at radius 1 is 1.00 bits per heavy atom. The number of nitro benzene ring substituents is 1. The van der Waals surface area contributed by atoms with Gasteiger partial charge in [-0.2, -0.15) is 0 Å². The Morgan fingerprint density at radius 3 is 2.23 bits per heavy atom. The summed E-state index contributed by atoms with van der Waals surface area (Å²) in [5.74, 6) is -0.899. The van der Waals surface area contributed by atoms with E-state index in [9.17, 15) is 24.5 Å². The molecule has 3 aromatic rings. The van der Waals surface area contributed by atoms with Crippen molar-refractivity contribution < 1.29 is 24.0 Å². The molecule has 0 aliphatic carbocycles. The maximum Gasteiger partial charge on any atom is 0.343 e. The highest BCUT2D eigenvalue weighted by Crippen LogP contribution is 2.35. The first-order chi connectivity index (χ1) is 16.7. The molecule has 0 N–H and O–H groups in total. The lowest BCUT2D eigenvalue weighted by Crippen LogP contribution is -2.27. The highest BCUT2D eigenvalue weighted by Gasteiger charge is 2.35. The van der Waals surface area contributed by atoms with E-state index in [1.165, 1.54) is 36.4 Å². The Hall–Kier alpha value is -3.66. The van der Waals surface area contributed by atoms with Gasteiger partial charge in [-0.3, -0.25) is 24.6 Å². The zero-order chi connectivity index (χ0) is 25.1. The molecule has 0 unspecified atom stereocenters. The summed E-state index contributed by atoms with van der Waals surface area (Å²) < 4.78 is 5.28. The van der Waals surface area contributed by atoms with Crippen LogP contribution in [0.2, 0.25) is 10.0 Å². The van der Waals surface area contributed by atoms with Crippen LogP contribution in [0.3, 0.4) is 0 Å². The molecule has 0 radical (unpaired) electrons. The summed E-state index contributed by atoms with van der Waals surface area (Å²) >= 11 is 13.1. The molecule has 1 fully saturated rings. The van der Waals surface area contributed by atoms with Crippen LogP contribution >= 0.6 is 35.0 Å². The lowest BCUT2D eigenvalue weighted by atomic mass is 10.2. The molecular formula is C24H14Cl2N2O6S. The van der Waals surface area contributed by atoms with Crippen LogP contribution in [0.4, 0.5) is 10.5 Å². The fraction of sp³-hybridized carbons (Fsp3) is 0.0417. The smallest absolute Gasteiger partial charge is 0.343 e. The molecule has 0 bridgehead atoms. The van der Waals surface area contributed by atoms with Gasteiger partial charge >= 0.3 is 5.97 Å². The summed E-state index contributed by atoms with van der Waals surface area (Å²) in [6.07, 6.45) is 1.56. The van der Waals surface area contributed by atoms with Crippen molar-refractivity contribution in [3.8, 4) is 5.75 Å². The molecule has 1 saturated heterocycles. The molecule has 8 nitrogen and oxygen atoms in total. The third-order valence-electron chi connectivity index (χ3n) is 4.95. The summed E-state index contributed by atoms with van der Waals surface area (Å²) in [6.45, 7) is -0.0436. The van der Waals surface area contributed by atoms with E-state index in [2.05, 4.69) is 0 Å². The third kappa shape index (κ3) is 5.54. The molecule has 3 aromatic carbocycles. The second kappa shape index (κ2) is 10.3. The van der Waals surface area contributed by atoms with Gasteiger partial charge in [0.15, 0.2) is 0 Å². The minimum atomic E-state index is -0.674. The molecule has 35 heavy (non-hydrogen) atoms. The molecule has 1 aliphatic rings. The number of imide groups is 1. The van der Waals surface area contributed by atoms with Crippen LogP contribution in [0.25, 0.3) is 6.08 Å². The van der Waals surface area contributed by atoms with Crippen LogP contribution in [0.15, 0.2) is 71.6 Å². The SMILES string of the molecule is O=C(Oc1ccc(/C=C2\SC(=O)N(Cc3c(Cl)cccc3Cl)C2=O)cc1)c1ccc([N+](=O)[O-])cc1. The minimum absolute atomic E-state index is 0.0436. The Kier molecular flexibility index (Phi) is 7.20. The zero-order valence-corrected chi connectivity index (χ0v) is 20.0. The molecule has 4 rings (SSSR count). The van der Waals surface area contributed by atoms with Gasteiger partial charge in [0.1, 0.15) is 5.75 Å². The van der Waals surface area contributed by atoms with Crippen molar-refractivity contribution in [3.63, 3.8) is 0 Å². The zero-order valence-electron chi connectivity index (χ0n) is 17.6. The first kappa shape index (κ1) is 24.5. The van der Waals surface area contributed by atoms with E-state index in [-0.39, 0.29) is 28.5 Å². The highest BCUT2D eigenvalue weighted by atomic mass is 35.5. The minimum Gasteiger partial charge on any atom is -0.423 e. The Bertz CT molecular complexity index is 1350. The molecule has 1 heterocycles. The quantitative estimate of drug-likeness (QED) is 0.120. The van der Waals surface area contributed by atoms with Crippen LogP contribution in [0.5, 0.6) is 5.75 Å². The number of halogens is 2. The molecule has 0 aromatic heterocycles. The van der Waals surface area contributed by atoms with Gasteiger partial charge in [0.25, 0.3) is 16.8 Å². The fourth-order valence-electron chi connectivity index (χ4n) is 3.15. The number of hydrogen-bond acceptors (Lipinski definition) is 7. The van der Waals surface area contributed by atoms with Crippen molar-refractivity contribution in [1.82, 2.24) is 4.90 Å². The molecule has 0 atom stereocenters. The number of nitrogens with zero attached hydrogens (tertiary/aromatic N) is 2. The molecule has 0 saturated carbocycles. The molecule has 1 aliphatic heterocycles. The van der Waals surface area contributed by atoms with E-state index in [4.69, 9.17) is 27.9 Å². The van der Waals surface area contributed by atoms with Gasteiger partial charge in [-0.15, -0.1) is 0 Å². The van der Waals surface area contributed by atoms with Crippen LogP contribution in [-0.4, -0.2) is 26.9 Å². The number of carbonyl (C=O) groups excluding carboxylic acids is 3. The van der Waals surface area contributed by atoms with E-state index in [1.807, 2.05) is 0 Å². The second-order valence-electron chi connectivity index (χ2n) is 7.23. The summed E-state index contributed by atoms with van der Waals surface area (Å²) in [5.41, 5.74) is 1.12. The average molecular weight is 529 g/mol. The number of rotatable bonds is 6. The van der Waals surface area contributed by atoms with Gasteiger partial charge in [-0.05, 0) is 59.8 Å². The van der Waals surface area contributed by atoms with Crippen LogP contribution in [-0.2, 0) is 11.3 Å². The molecule has 2 amide bonds. The van der Waals surface area contributed by atoms with Crippen LogP contribution < -0.4 is 4.74 Å². The van der Waals surface area contributed by atoms with Crippen molar-refractivity contribution in [3.05, 3.63) is 108 Å². The summed E-state index contributed by atoms with van der Waals surface area (Å²) in [6, 6.07) is 16.3. The normalized spacial score (nSPS) is 14.5. The molecule has 11 heteroatoms. The number of carbonyl (C=O) groups is 3. The van der Waals surface area contributed by atoms with Crippen molar-refractivity contribution in [2.24, 2.45) is 0 Å². The second-order valence-corrected chi connectivity index (χ2v) is 9.04. The largest absolute Gasteiger partial charge is 0.423 e. The van der Waals surface area contributed by atoms with Gasteiger partial charge in [-0.25, -0.2) is 4.79 Å². The predicted molar refractivity (Wildman–Crippen MR) is 132 cm³/mol. The lowest BCUT2D eigenvalue weighted by Gasteiger charge is -2.14. The predicted octanol–water partition coefficient (Wildman–Crippen LogP) is 6.36. The number of thioether (sulfide) groups is 1. The lowest BCUT2D eigenvalue weighted by molar-refractivity contribution is -0.384. The topological polar surface area (TPSA) is 107 Å². The monoisotopic (exact) mass is 528 g/mol.